The Morgan fingerprint density at radius 1 is 1.71 bits per heavy atom. The molecule has 1 aliphatic heterocycles. The van der Waals surface area contributed by atoms with Gasteiger partial charge in [-0.3, -0.25) is 0 Å². The lowest BCUT2D eigenvalue weighted by molar-refractivity contribution is 0.0882. The molecule has 1 rings (SSSR count). The zero-order valence-corrected chi connectivity index (χ0v) is 7.88. The monoisotopic (exact) mass is 193 g/mol. The average molecular weight is 193 g/mol. The Labute approximate surface area is 82.6 Å². The van der Waals surface area contributed by atoms with E-state index in [-0.39, 0.29) is 6.61 Å². The number of rotatable bonds is 4. The Balaban J connectivity index is 2.52. The third kappa shape index (κ3) is 2.34. The normalized spacial score (nSPS) is 17.6. The lowest BCUT2D eigenvalue weighted by atomic mass is 10.6. The minimum Gasteiger partial charge on any atom is -0.348 e. The number of hydrogen-bond acceptors (Lipinski definition) is 5. The van der Waals surface area contributed by atoms with Gasteiger partial charge >= 0.3 is 0 Å². The zero-order valence-electron chi connectivity index (χ0n) is 7.88. The number of nitroso groups, excluding NO2 is 1. The van der Waals surface area contributed by atoms with Crippen molar-refractivity contribution < 1.29 is 4.74 Å². The molecule has 0 atom stereocenters. The molecule has 5 nitrogen and oxygen atoms in total. The molecule has 0 bridgehead atoms. The average Bonchev–Trinajstić information content (AvgIpc) is 2.51. The molecular formula is C9H11N3O2. The lowest BCUT2D eigenvalue weighted by Crippen LogP contribution is -2.22. The van der Waals surface area contributed by atoms with E-state index in [0.717, 1.165) is 0 Å². The molecule has 14 heavy (non-hydrogen) atoms. The zero-order chi connectivity index (χ0) is 10.4. The number of nitrogens with zero attached hydrogens (tertiary/aromatic N) is 3. The first-order chi connectivity index (χ1) is 6.79. The molecular weight excluding hydrogens is 182 g/mol. The van der Waals surface area contributed by atoms with Crippen molar-refractivity contribution in [2.45, 2.75) is 0 Å². The molecule has 0 unspecified atom stereocenters. The van der Waals surface area contributed by atoms with Gasteiger partial charge in [-0.1, -0.05) is 5.92 Å². The molecule has 1 heterocycles. The fourth-order valence-electron chi connectivity index (χ4n) is 1.06. The van der Waals surface area contributed by atoms with Crippen molar-refractivity contribution in [2.24, 2.45) is 5.18 Å². The summed E-state index contributed by atoms with van der Waals surface area (Å²) in [6.07, 6.45) is 9.84. The molecule has 74 valence electrons. The number of terminal acetylenes is 1. The summed E-state index contributed by atoms with van der Waals surface area (Å²) in [5, 5.41) is 2.72. The minimum absolute atomic E-state index is 0.246. The highest BCUT2D eigenvalue weighted by Gasteiger charge is 2.16. The SMILES string of the molecule is C#CCOCN1C=CN(C)/C1=C/N=O. The van der Waals surface area contributed by atoms with Gasteiger partial charge in [0.15, 0.2) is 0 Å². The molecule has 0 aliphatic carbocycles. The molecule has 0 N–H and O–H groups in total. The first-order valence-corrected chi connectivity index (χ1v) is 4.01. The van der Waals surface area contributed by atoms with E-state index < -0.39 is 0 Å². The second-order valence-electron chi connectivity index (χ2n) is 2.65. The van der Waals surface area contributed by atoms with Crippen molar-refractivity contribution in [1.29, 1.82) is 0 Å². The van der Waals surface area contributed by atoms with Crippen molar-refractivity contribution in [3.05, 3.63) is 29.3 Å². The first-order valence-electron chi connectivity index (χ1n) is 4.01. The van der Waals surface area contributed by atoms with E-state index in [1.54, 1.807) is 22.2 Å². The molecule has 0 spiro atoms. The van der Waals surface area contributed by atoms with Crippen LogP contribution in [0.4, 0.5) is 0 Å². The standard InChI is InChI=1S/C9H11N3O2/c1-3-6-14-8-12-5-4-11(2)9(12)7-10-13/h1,4-5,7H,6,8H2,2H3/b9-7-. The Morgan fingerprint density at radius 2 is 2.50 bits per heavy atom. The maximum absolute atomic E-state index is 10.1. The van der Waals surface area contributed by atoms with E-state index in [4.69, 9.17) is 11.2 Å². The van der Waals surface area contributed by atoms with Gasteiger partial charge in [0.1, 0.15) is 25.4 Å². The molecule has 1 aliphatic rings. The predicted molar refractivity (Wildman–Crippen MR) is 52.3 cm³/mol. The van der Waals surface area contributed by atoms with Crippen molar-refractivity contribution in [3.63, 3.8) is 0 Å². The molecule has 0 saturated heterocycles. The summed E-state index contributed by atoms with van der Waals surface area (Å²) in [6.45, 7) is 0.558. The van der Waals surface area contributed by atoms with Gasteiger partial charge in [-0.2, -0.15) is 0 Å². The van der Waals surface area contributed by atoms with Gasteiger partial charge in [0.2, 0.25) is 0 Å². The molecule has 0 saturated carbocycles. The Bertz CT molecular complexity index is 304. The number of hydrogen-bond donors (Lipinski definition) is 0. The van der Waals surface area contributed by atoms with Crippen LogP contribution in [0.5, 0.6) is 0 Å². The summed E-state index contributed by atoms with van der Waals surface area (Å²) in [5.74, 6) is 3.02. The number of ether oxygens (including phenoxy) is 1. The van der Waals surface area contributed by atoms with Gasteiger partial charge in [0.25, 0.3) is 0 Å². The topological polar surface area (TPSA) is 45.1 Å². The summed E-state index contributed by atoms with van der Waals surface area (Å²) < 4.78 is 5.12. The summed E-state index contributed by atoms with van der Waals surface area (Å²) in [4.78, 5) is 13.6. The smallest absolute Gasteiger partial charge is 0.136 e. The maximum Gasteiger partial charge on any atom is 0.136 e. The summed E-state index contributed by atoms with van der Waals surface area (Å²) in [5.41, 5.74) is 0. The van der Waals surface area contributed by atoms with Crippen LogP contribution < -0.4 is 0 Å². The van der Waals surface area contributed by atoms with Crippen LogP contribution in [0.25, 0.3) is 0 Å². The predicted octanol–water partition coefficient (Wildman–Crippen LogP) is 0.878. The van der Waals surface area contributed by atoms with Crippen LogP contribution in [0.15, 0.2) is 29.6 Å². The van der Waals surface area contributed by atoms with Crippen LogP contribution in [0, 0.1) is 17.3 Å². The quantitative estimate of drug-likeness (QED) is 0.377. The van der Waals surface area contributed by atoms with Gasteiger partial charge in [0, 0.05) is 19.4 Å². The van der Waals surface area contributed by atoms with Crippen LogP contribution in [0.1, 0.15) is 0 Å². The molecule has 0 aromatic heterocycles. The Hall–Kier alpha value is -1.80. The van der Waals surface area contributed by atoms with Crippen molar-refractivity contribution >= 4 is 0 Å². The second-order valence-corrected chi connectivity index (χ2v) is 2.65. The van der Waals surface area contributed by atoms with Crippen molar-refractivity contribution in [3.8, 4) is 12.3 Å². The van der Waals surface area contributed by atoms with E-state index in [0.29, 0.717) is 12.6 Å². The summed E-state index contributed by atoms with van der Waals surface area (Å²) in [6, 6.07) is 0. The first kappa shape index (κ1) is 10.3. The maximum atomic E-state index is 10.1. The highest BCUT2D eigenvalue weighted by atomic mass is 16.5. The van der Waals surface area contributed by atoms with Crippen LogP contribution in [0.3, 0.4) is 0 Å². The van der Waals surface area contributed by atoms with E-state index in [2.05, 4.69) is 11.1 Å². The van der Waals surface area contributed by atoms with E-state index in [9.17, 15) is 4.91 Å². The van der Waals surface area contributed by atoms with E-state index >= 15 is 0 Å². The van der Waals surface area contributed by atoms with Crippen molar-refractivity contribution in [1.82, 2.24) is 9.80 Å². The fourth-order valence-corrected chi connectivity index (χ4v) is 1.06. The van der Waals surface area contributed by atoms with Gasteiger partial charge in [-0.15, -0.1) is 11.3 Å². The van der Waals surface area contributed by atoms with Crippen LogP contribution in [-0.4, -0.2) is 30.2 Å². The van der Waals surface area contributed by atoms with Gasteiger partial charge < -0.3 is 14.5 Å². The molecule has 0 aromatic rings. The Morgan fingerprint density at radius 3 is 3.14 bits per heavy atom. The van der Waals surface area contributed by atoms with Crippen LogP contribution >= 0.6 is 0 Å². The minimum atomic E-state index is 0.246. The largest absolute Gasteiger partial charge is 0.348 e. The molecule has 0 aromatic carbocycles. The van der Waals surface area contributed by atoms with Crippen LogP contribution in [0.2, 0.25) is 0 Å². The molecule has 5 heteroatoms. The third-order valence-electron chi connectivity index (χ3n) is 1.71. The summed E-state index contributed by atoms with van der Waals surface area (Å²) in [7, 11) is 1.81. The van der Waals surface area contributed by atoms with Crippen LogP contribution in [-0.2, 0) is 4.74 Å². The molecule has 0 fully saturated rings. The van der Waals surface area contributed by atoms with E-state index in [1.165, 1.54) is 6.20 Å². The van der Waals surface area contributed by atoms with Gasteiger partial charge in [-0.05, 0) is 5.18 Å². The third-order valence-corrected chi connectivity index (χ3v) is 1.71. The molecule has 0 amide bonds. The van der Waals surface area contributed by atoms with Crippen molar-refractivity contribution in [2.75, 3.05) is 20.4 Å². The highest BCUT2D eigenvalue weighted by molar-refractivity contribution is 5.12. The lowest BCUT2D eigenvalue weighted by Gasteiger charge is -2.20. The second kappa shape index (κ2) is 5.04. The Kier molecular flexibility index (Phi) is 3.70. The summed E-state index contributed by atoms with van der Waals surface area (Å²) >= 11 is 0. The highest BCUT2D eigenvalue weighted by Crippen LogP contribution is 2.17. The fraction of sp³-hybridized carbons (Fsp3) is 0.333. The molecule has 0 radical (unpaired) electrons. The van der Waals surface area contributed by atoms with E-state index in [1.807, 2.05) is 7.05 Å². The van der Waals surface area contributed by atoms with Gasteiger partial charge in [0.05, 0.1) is 0 Å². The van der Waals surface area contributed by atoms with Gasteiger partial charge in [-0.25, -0.2) is 0 Å².